The fourth-order valence-corrected chi connectivity index (χ4v) is 2.12. The van der Waals surface area contributed by atoms with Crippen LogP contribution in [0.25, 0.3) is 0 Å². The van der Waals surface area contributed by atoms with Crippen molar-refractivity contribution in [1.29, 1.82) is 0 Å². The average molecular weight is 313 g/mol. The molecular weight excluding hydrogens is 294 g/mol. The molecule has 2 aromatic rings. The Balaban J connectivity index is 1.83. The Morgan fingerprint density at radius 1 is 0.957 bits per heavy atom. The van der Waals surface area contributed by atoms with Gasteiger partial charge in [0.2, 0.25) is 0 Å². The van der Waals surface area contributed by atoms with E-state index in [-0.39, 0.29) is 0 Å². The lowest BCUT2D eigenvalue weighted by molar-refractivity contribution is -0.00681. The number of hydrogen-bond donors (Lipinski definition) is 1. The fraction of sp³-hybridized carbons (Fsp3) is 0.222. The van der Waals surface area contributed by atoms with Crippen LogP contribution < -0.4 is 5.48 Å². The summed E-state index contributed by atoms with van der Waals surface area (Å²) in [5.74, 6) is -0.650. The maximum Gasteiger partial charge on any atom is 0.441 e. The number of carbonyl (C=O) groups excluding carboxylic acids is 2. The van der Waals surface area contributed by atoms with E-state index in [0.717, 1.165) is 5.56 Å². The minimum Gasteiger partial charge on any atom is -0.441 e. The Bertz CT molecular complexity index is 653. The molecule has 0 aliphatic heterocycles. The van der Waals surface area contributed by atoms with Gasteiger partial charge in [-0.3, -0.25) is 0 Å². The molecule has 0 saturated heterocycles. The smallest absolute Gasteiger partial charge is 0.441 e. The number of ether oxygens (including phenoxy) is 1. The van der Waals surface area contributed by atoms with E-state index >= 15 is 0 Å². The third-order valence-electron chi connectivity index (χ3n) is 3.08. The van der Waals surface area contributed by atoms with Gasteiger partial charge in [-0.2, -0.15) is 0 Å². The number of nitrogens with one attached hydrogen (secondary N) is 1. The van der Waals surface area contributed by atoms with E-state index in [1.807, 2.05) is 35.8 Å². The number of hydroxylamine groups is 1. The predicted molar refractivity (Wildman–Crippen MR) is 85.7 cm³/mol. The summed E-state index contributed by atoms with van der Waals surface area (Å²) in [5, 5.41) is 0. The van der Waals surface area contributed by atoms with Gasteiger partial charge >= 0.3 is 12.1 Å². The Morgan fingerprint density at radius 2 is 1.52 bits per heavy atom. The van der Waals surface area contributed by atoms with Gasteiger partial charge in [0, 0.05) is 6.42 Å². The molecule has 0 unspecified atom stereocenters. The summed E-state index contributed by atoms with van der Waals surface area (Å²) in [5.41, 5.74) is 2.67. The summed E-state index contributed by atoms with van der Waals surface area (Å²) < 4.78 is 5.30. The van der Waals surface area contributed by atoms with Crippen LogP contribution in [0.3, 0.4) is 0 Å². The van der Waals surface area contributed by atoms with Crippen molar-refractivity contribution in [1.82, 2.24) is 5.48 Å². The SMILES string of the molecule is CC(C)(Cc1ccccc1)OC(=O)NOC(=O)c1ccccc1. The molecule has 0 aliphatic rings. The summed E-state index contributed by atoms with van der Waals surface area (Å²) >= 11 is 0. The number of benzene rings is 2. The van der Waals surface area contributed by atoms with Crippen molar-refractivity contribution in [3.05, 3.63) is 71.8 Å². The van der Waals surface area contributed by atoms with Crippen LogP contribution in [0.1, 0.15) is 29.8 Å². The predicted octanol–water partition coefficient (Wildman–Crippen LogP) is 3.51. The van der Waals surface area contributed by atoms with Gasteiger partial charge in [0.05, 0.1) is 5.56 Å². The Hall–Kier alpha value is -2.82. The van der Waals surface area contributed by atoms with Gasteiger partial charge in [-0.15, -0.1) is 5.48 Å². The first kappa shape index (κ1) is 16.5. The summed E-state index contributed by atoms with van der Waals surface area (Å²) in [4.78, 5) is 28.2. The van der Waals surface area contributed by atoms with E-state index in [2.05, 4.69) is 0 Å². The van der Waals surface area contributed by atoms with Crippen LogP contribution in [0.15, 0.2) is 60.7 Å². The second-order valence-electron chi connectivity index (χ2n) is 5.67. The normalized spacial score (nSPS) is 10.7. The van der Waals surface area contributed by atoms with Crippen molar-refractivity contribution < 1.29 is 19.2 Å². The monoisotopic (exact) mass is 313 g/mol. The minimum absolute atomic E-state index is 0.344. The lowest BCUT2D eigenvalue weighted by Gasteiger charge is -2.25. The largest absolute Gasteiger partial charge is 0.441 e. The molecule has 1 amide bonds. The number of hydrogen-bond acceptors (Lipinski definition) is 4. The van der Waals surface area contributed by atoms with Gasteiger partial charge in [-0.25, -0.2) is 9.59 Å². The zero-order valence-electron chi connectivity index (χ0n) is 13.1. The van der Waals surface area contributed by atoms with Gasteiger partial charge in [0.25, 0.3) is 0 Å². The average Bonchev–Trinajstić information content (AvgIpc) is 2.53. The van der Waals surface area contributed by atoms with Crippen LogP contribution in [-0.2, 0) is 16.0 Å². The van der Waals surface area contributed by atoms with Gasteiger partial charge in [-0.1, -0.05) is 48.5 Å². The molecule has 0 heterocycles. The Kier molecular flexibility index (Phi) is 5.36. The first-order valence-corrected chi connectivity index (χ1v) is 7.25. The molecule has 0 atom stereocenters. The van der Waals surface area contributed by atoms with E-state index in [9.17, 15) is 9.59 Å². The molecule has 23 heavy (non-hydrogen) atoms. The van der Waals surface area contributed by atoms with Gasteiger partial charge in [-0.05, 0) is 31.5 Å². The maximum atomic E-state index is 11.8. The van der Waals surface area contributed by atoms with Crippen molar-refractivity contribution in [2.24, 2.45) is 0 Å². The van der Waals surface area contributed by atoms with E-state index in [0.29, 0.717) is 12.0 Å². The molecule has 5 nitrogen and oxygen atoms in total. The molecule has 0 fully saturated rings. The third kappa shape index (κ3) is 5.47. The molecule has 0 radical (unpaired) electrons. The van der Waals surface area contributed by atoms with Crippen molar-refractivity contribution in [3.63, 3.8) is 0 Å². The summed E-state index contributed by atoms with van der Waals surface area (Å²) in [6.45, 7) is 3.58. The molecule has 120 valence electrons. The van der Waals surface area contributed by atoms with Crippen molar-refractivity contribution in [3.8, 4) is 0 Å². The molecule has 0 aliphatic carbocycles. The highest BCUT2D eigenvalue weighted by atomic mass is 16.7. The molecule has 2 aromatic carbocycles. The van der Waals surface area contributed by atoms with E-state index in [1.165, 1.54) is 0 Å². The topological polar surface area (TPSA) is 64.6 Å². The van der Waals surface area contributed by atoms with Crippen molar-refractivity contribution in [2.45, 2.75) is 25.9 Å². The van der Waals surface area contributed by atoms with Crippen LogP contribution in [0.4, 0.5) is 4.79 Å². The highest BCUT2D eigenvalue weighted by Gasteiger charge is 2.24. The van der Waals surface area contributed by atoms with Crippen LogP contribution in [0.2, 0.25) is 0 Å². The minimum atomic E-state index is -0.810. The zero-order chi connectivity index (χ0) is 16.7. The molecule has 1 N–H and O–H groups in total. The van der Waals surface area contributed by atoms with E-state index < -0.39 is 17.7 Å². The second-order valence-corrected chi connectivity index (χ2v) is 5.67. The maximum absolute atomic E-state index is 11.8. The second kappa shape index (κ2) is 7.45. The van der Waals surface area contributed by atoms with E-state index in [1.54, 1.807) is 44.2 Å². The summed E-state index contributed by atoms with van der Waals surface area (Å²) in [7, 11) is 0. The van der Waals surface area contributed by atoms with Crippen molar-refractivity contribution >= 4 is 12.1 Å². The Labute approximate surface area is 135 Å². The molecule has 2 rings (SSSR count). The van der Waals surface area contributed by atoms with Gasteiger partial charge in [0.1, 0.15) is 5.60 Å². The van der Waals surface area contributed by atoms with E-state index in [4.69, 9.17) is 9.57 Å². The van der Waals surface area contributed by atoms with Crippen LogP contribution in [-0.4, -0.2) is 17.7 Å². The summed E-state index contributed by atoms with van der Waals surface area (Å²) in [6.07, 6.45) is -0.260. The molecule has 0 saturated carbocycles. The Morgan fingerprint density at radius 3 is 2.13 bits per heavy atom. The number of carbonyl (C=O) groups is 2. The number of rotatable bonds is 4. The third-order valence-corrected chi connectivity index (χ3v) is 3.08. The van der Waals surface area contributed by atoms with Crippen LogP contribution >= 0.6 is 0 Å². The molecule has 0 spiro atoms. The lowest BCUT2D eigenvalue weighted by Crippen LogP contribution is -2.37. The van der Waals surface area contributed by atoms with Gasteiger partial charge < -0.3 is 9.57 Å². The highest BCUT2D eigenvalue weighted by molar-refractivity contribution is 5.89. The molecule has 0 aromatic heterocycles. The van der Waals surface area contributed by atoms with Crippen molar-refractivity contribution in [2.75, 3.05) is 0 Å². The number of amides is 1. The highest BCUT2D eigenvalue weighted by Crippen LogP contribution is 2.17. The zero-order valence-corrected chi connectivity index (χ0v) is 13.1. The first-order valence-electron chi connectivity index (χ1n) is 7.25. The lowest BCUT2D eigenvalue weighted by atomic mass is 9.98. The van der Waals surface area contributed by atoms with Crippen LogP contribution in [0, 0.1) is 0 Å². The fourth-order valence-electron chi connectivity index (χ4n) is 2.12. The first-order chi connectivity index (χ1) is 11.0. The molecule has 5 heteroatoms. The van der Waals surface area contributed by atoms with Gasteiger partial charge in [0.15, 0.2) is 0 Å². The standard InChI is InChI=1S/C18H19NO4/c1-18(2,13-14-9-5-3-6-10-14)22-17(21)19-23-16(20)15-11-7-4-8-12-15/h3-12H,13H2,1-2H3,(H,19,21). The quantitative estimate of drug-likeness (QED) is 0.877. The molecule has 0 bridgehead atoms. The summed E-state index contributed by atoms with van der Waals surface area (Å²) in [6, 6.07) is 18.1. The molecular formula is C18H19NO4. The van der Waals surface area contributed by atoms with Crippen LogP contribution in [0.5, 0.6) is 0 Å².